The molecule has 0 unspecified atom stereocenters. The molecule has 146 valence electrons. The number of aromatic nitrogens is 1. The molecule has 0 saturated heterocycles. The van der Waals surface area contributed by atoms with Gasteiger partial charge in [-0.3, -0.25) is 4.79 Å². The monoisotopic (exact) mass is 395 g/mol. The van der Waals surface area contributed by atoms with Crippen LogP contribution >= 0.6 is 0 Å². The van der Waals surface area contributed by atoms with Gasteiger partial charge in [0.15, 0.2) is 0 Å². The number of nitrogens with zero attached hydrogens (tertiary/aromatic N) is 1. The minimum absolute atomic E-state index is 0.0593. The summed E-state index contributed by atoms with van der Waals surface area (Å²) in [5, 5.41) is 0.839. The summed E-state index contributed by atoms with van der Waals surface area (Å²) < 4.78 is 45.2. The lowest BCUT2D eigenvalue weighted by Gasteiger charge is -2.10. The Morgan fingerprint density at radius 1 is 1.00 bits per heavy atom. The Morgan fingerprint density at radius 2 is 1.76 bits per heavy atom. The average molecular weight is 395 g/mol. The number of aldehydes is 1. The van der Waals surface area contributed by atoms with E-state index in [1.807, 2.05) is 23.6 Å². The van der Waals surface area contributed by atoms with E-state index in [4.69, 9.17) is 0 Å². The molecule has 0 atom stereocenters. The molecule has 0 aliphatic rings. The highest BCUT2D eigenvalue weighted by molar-refractivity contribution is 6.01. The highest BCUT2D eigenvalue weighted by atomic mass is 19.3. The summed E-state index contributed by atoms with van der Waals surface area (Å²) >= 11 is 0. The van der Waals surface area contributed by atoms with Crippen LogP contribution < -0.4 is 4.74 Å². The molecule has 0 bridgehead atoms. The molecule has 0 radical (unpaired) electrons. The zero-order valence-corrected chi connectivity index (χ0v) is 15.4. The summed E-state index contributed by atoms with van der Waals surface area (Å²) in [6, 6.07) is 17.8. The number of rotatable bonds is 5. The van der Waals surface area contributed by atoms with E-state index in [2.05, 4.69) is 4.74 Å². The van der Waals surface area contributed by atoms with Crippen molar-refractivity contribution in [3.05, 3.63) is 83.8 Å². The molecule has 3 nitrogen and oxygen atoms in total. The van der Waals surface area contributed by atoms with Crippen molar-refractivity contribution in [2.75, 3.05) is 0 Å². The molecule has 0 aliphatic carbocycles. The van der Waals surface area contributed by atoms with Gasteiger partial charge in [-0.1, -0.05) is 24.3 Å². The van der Waals surface area contributed by atoms with E-state index in [9.17, 15) is 18.0 Å². The van der Waals surface area contributed by atoms with E-state index in [1.165, 1.54) is 18.2 Å². The number of hydrogen-bond donors (Lipinski definition) is 0. The average Bonchev–Trinajstić information content (AvgIpc) is 2.99. The molecule has 1 aromatic heterocycles. The number of carbonyl (C=O) groups is 1. The van der Waals surface area contributed by atoms with E-state index in [0.29, 0.717) is 11.1 Å². The van der Waals surface area contributed by atoms with Crippen molar-refractivity contribution in [3.8, 4) is 22.6 Å². The maximum Gasteiger partial charge on any atom is 0.387 e. The first-order chi connectivity index (χ1) is 14.0. The fourth-order valence-corrected chi connectivity index (χ4v) is 3.62. The summed E-state index contributed by atoms with van der Waals surface area (Å²) in [5.41, 5.74) is 4.33. The molecule has 4 aromatic rings. The van der Waals surface area contributed by atoms with Gasteiger partial charge < -0.3 is 9.30 Å². The minimum atomic E-state index is -2.91. The van der Waals surface area contributed by atoms with Crippen molar-refractivity contribution in [3.63, 3.8) is 0 Å². The van der Waals surface area contributed by atoms with Crippen LogP contribution in [0.25, 0.3) is 27.7 Å². The Balaban J connectivity index is 1.99. The standard InChI is InChI=1S/C23H16F3NO2/c1-14-22(16-3-2-4-19(12-16)29-23(25)26)20-10-5-15(13-28)11-21(20)27(14)18-8-6-17(24)7-9-18/h2-13,23H,1H3. The molecule has 3 aromatic carbocycles. The van der Waals surface area contributed by atoms with Gasteiger partial charge in [0.25, 0.3) is 0 Å². The lowest BCUT2D eigenvalue weighted by Crippen LogP contribution is -2.01. The predicted molar refractivity (Wildman–Crippen MR) is 105 cm³/mol. The number of alkyl halides is 2. The Labute approximate surface area is 165 Å². The zero-order chi connectivity index (χ0) is 20.5. The van der Waals surface area contributed by atoms with Crippen LogP contribution in [0.15, 0.2) is 66.7 Å². The van der Waals surface area contributed by atoms with Crippen molar-refractivity contribution in [1.29, 1.82) is 0 Å². The Bertz CT molecular complexity index is 1200. The largest absolute Gasteiger partial charge is 0.435 e. The second-order valence-electron chi connectivity index (χ2n) is 6.57. The van der Waals surface area contributed by atoms with Gasteiger partial charge in [-0.25, -0.2) is 4.39 Å². The van der Waals surface area contributed by atoms with Gasteiger partial charge in [0.05, 0.1) is 5.52 Å². The second kappa shape index (κ2) is 7.47. The first-order valence-electron chi connectivity index (χ1n) is 8.89. The molecule has 0 fully saturated rings. The summed E-state index contributed by atoms with van der Waals surface area (Å²) in [4.78, 5) is 11.3. The third-order valence-corrected chi connectivity index (χ3v) is 4.80. The fourth-order valence-electron chi connectivity index (χ4n) is 3.62. The highest BCUT2D eigenvalue weighted by Gasteiger charge is 2.18. The first-order valence-corrected chi connectivity index (χ1v) is 8.89. The highest BCUT2D eigenvalue weighted by Crippen LogP contribution is 2.38. The van der Waals surface area contributed by atoms with E-state index in [1.54, 1.807) is 36.4 Å². The first kappa shape index (κ1) is 18.8. The van der Waals surface area contributed by atoms with Crippen LogP contribution in [0.2, 0.25) is 0 Å². The SMILES string of the molecule is Cc1c(-c2cccc(OC(F)F)c2)c2ccc(C=O)cc2n1-c1ccc(F)cc1. The molecule has 0 N–H and O–H groups in total. The summed E-state index contributed by atoms with van der Waals surface area (Å²) in [7, 11) is 0. The summed E-state index contributed by atoms with van der Waals surface area (Å²) in [5.74, 6) is -0.294. The van der Waals surface area contributed by atoms with Crippen molar-refractivity contribution < 1.29 is 22.7 Å². The van der Waals surface area contributed by atoms with E-state index in [0.717, 1.165) is 34.1 Å². The Morgan fingerprint density at radius 3 is 2.45 bits per heavy atom. The molecule has 29 heavy (non-hydrogen) atoms. The van der Waals surface area contributed by atoms with Gasteiger partial charge in [0.2, 0.25) is 0 Å². The van der Waals surface area contributed by atoms with Crippen molar-refractivity contribution in [1.82, 2.24) is 4.57 Å². The lowest BCUT2D eigenvalue weighted by molar-refractivity contribution is -0.0498. The molecule has 0 saturated carbocycles. The molecule has 0 aliphatic heterocycles. The van der Waals surface area contributed by atoms with Crippen LogP contribution in [0.5, 0.6) is 5.75 Å². The molecular weight excluding hydrogens is 379 g/mol. The van der Waals surface area contributed by atoms with Gasteiger partial charge in [-0.15, -0.1) is 0 Å². The summed E-state index contributed by atoms with van der Waals surface area (Å²) in [6.07, 6.45) is 0.757. The molecule has 6 heteroatoms. The molecule has 0 amide bonds. The van der Waals surface area contributed by atoms with E-state index in [-0.39, 0.29) is 11.6 Å². The second-order valence-corrected chi connectivity index (χ2v) is 6.57. The van der Waals surface area contributed by atoms with Gasteiger partial charge >= 0.3 is 6.61 Å². The molecule has 1 heterocycles. The maximum atomic E-state index is 13.4. The van der Waals surface area contributed by atoms with Crippen LogP contribution in [-0.4, -0.2) is 17.5 Å². The number of ether oxygens (including phenoxy) is 1. The number of fused-ring (bicyclic) bond motifs is 1. The maximum absolute atomic E-state index is 13.4. The number of halogens is 3. The van der Waals surface area contributed by atoms with E-state index >= 15 is 0 Å². The number of hydrogen-bond acceptors (Lipinski definition) is 2. The van der Waals surface area contributed by atoms with Crippen molar-refractivity contribution in [2.24, 2.45) is 0 Å². The van der Waals surface area contributed by atoms with Crippen LogP contribution in [0, 0.1) is 12.7 Å². The van der Waals surface area contributed by atoms with Crippen LogP contribution in [0.1, 0.15) is 16.1 Å². The number of carbonyl (C=O) groups excluding carboxylic acids is 1. The predicted octanol–water partition coefficient (Wildman–Crippen LogP) is 6.16. The van der Waals surface area contributed by atoms with E-state index < -0.39 is 6.61 Å². The Hall–Kier alpha value is -3.54. The van der Waals surface area contributed by atoms with Gasteiger partial charge in [-0.2, -0.15) is 8.78 Å². The van der Waals surface area contributed by atoms with Crippen LogP contribution in [0.3, 0.4) is 0 Å². The Kier molecular flexibility index (Phi) is 4.84. The third kappa shape index (κ3) is 3.49. The quantitative estimate of drug-likeness (QED) is 0.379. The smallest absolute Gasteiger partial charge is 0.387 e. The van der Waals surface area contributed by atoms with Crippen LogP contribution in [0.4, 0.5) is 13.2 Å². The topological polar surface area (TPSA) is 31.2 Å². The lowest BCUT2D eigenvalue weighted by atomic mass is 10.0. The fraction of sp³-hybridized carbons (Fsp3) is 0.0870. The summed E-state index contributed by atoms with van der Waals surface area (Å²) in [6.45, 7) is -1.03. The number of benzene rings is 3. The molecular formula is C23H16F3NO2. The van der Waals surface area contributed by atoms with Gasteiger partial charge in [-0.05, 0) is 55.0 Å². The van der Waals surface area contributed by atoms with Gasteiger partial charge in [0, 0.05) is 27.9 Å². The third-order valence-electron chi connectivity index (χ3n) is 4.80. The van der Waals surface area contributed by atoms with Crippen molar-refractivity contribution >= 4 is 17.2 Å². The van der Waals surface area contributed by atoms with Gasteiger partial charge in [0.1, 0.15) is 17.9 Å². The minimum Gasteiger partial charge on any atom is -0.435 e. The van der Waals surface area contributed by atoms with Crippen LogP contribution in [-0.2, 0) is 0 Å². The normalized spacial score (nSPS) is 11.2. The van der Waals surface area contributed by atoms with Crippen molar-refractivity contribution in [2.45, 2.75) is 13.5 Å². The molecule has 0 spiro atoms. The zero-order valence-electron chi connectivity index (χ0n) is 15.4. The molecule has 4 rings (SSSR count).